The summed E-state index contributed by atoms with van der Waals surface area (Å²) in [5.41, 5.74) is 6.30. The number of nitrogens with two attached hydrogens (primary N) is 1. The van der Waals surface area contributed by atoms with Crippen LogP contribution in [0.3, 0.4) is 0 Å². The Kier molecular flexibility index (Phi) is 5.75. The first-order valence-electron chi connectivity index (χ1n) is 7.53. The number of carbonyl (C=O) groups is 2. The standard InChI is InChI=1S/C16H23N3O2/c17-10-13-8-4-5-9-14(13)19-15(20)11-18-16(21)12-6-2-1-3-7-12/h1-3,6-7,13-14H,4-5,8-11,17H2,(H,18,21)(H,19,20). The fourth-order valence-corrected chi connectivity index (χ4v) is 2.79. The minimum Gasteiger partial charge on any atom is -0.352 e. The molecule has 114 valence electrons. The molecule has 1 aliphatic carbocycles. The molecule has 5 heteroatoms. The van der Waals surface area contributed by atoms with Gasteiger partial charge >= 0.3 is 0 Å². The predicted octanol–water partition coefficient (Wildman–Crippen LogP) is 1.05. The molecule has 2 unspecified atom stereocenters. The largest absolute Gasteiger partial charge is 0.352 e. The van der Waals surface area contributed by atoms with Crippen LogP contribution in [0.1, 0.15) is 36.0 Å². The molecule has 2 amide bonds. The van der Waals surface area contributed by atoms with E-state index < -0.39 is 0 Å². The molecule has 0 aromatic heterocycles. The molecule has 2 atom stereocenters. The Balaban J connectivity index is 1.78. The van der Waals surface area contributed by atoms with E-state index in [4.69, 9.17) is 5.73 Å². The van der Waals surface area contributed by atoms with Crippen LogP contribution in [0, 0.1) is 5.92 Å². The summed E-state index contributed by atoms with van der Waals surface area (Å²) in [7, 11) is 0. The maximum Gasteiger partial charge on any atom is 0.251 e. The van der Waals surface area contributed by atoms with E-state index in [2.05, 4.69) is 10.6 Å². The van der Waals surface area contributed by atoms with E-state index in [0.717, 1.165) is 19.3 Å². The summed E-state index contributed by atoms with van der Waals surface area (Å²) in [6, 6.07) is 9.02. The van der Waals surface area contributed by atoms with Gasteiger partial charge in [-0.15, -0.1) is 0 Å². The second-order valence-electron chi connectivity index (χ2n) is 5.50. The van der Waals surface area contributed by atoms with E-state index in [0.29, 0.717) is 18.0 Å². The molecule has 0 aliphatic heterocycles. The SMILES string of the molecule is NCC1CCCCC1NC(=O)CNC(=O)c1ccccc1. The Morgan fingerprint density at radius 2 is 1.86 bits per heavy atom. The highest BCUT2D eigenvalue weighted by Crippen LogP contribution is 2.23. The zero-order valence-corrected chi connectivity index (χ0v) is 12.2. The fraction of sp³-hybridized carbons (Fsp3) is 0.500. The number of hydrogen-bond donors (Lipinski definition) is 3. The molecule has 0 spiro atoms. The highest BCUT2D eigenvalue weighted by molar-refractivity contribution is 5.96. The van der Waals surface area contributed by atoms with Crippen molar-refractivity contribution in [3.63, 3.8) is 0 Å². The van der Waals surface area contributed by atoms with Gasteiger partial charge in [0.1, 0.15) is 0 Å². The molecule has 1 saturated carbocycles. The van der Waals surface area contributed by atoms with Crippen LogP contribution in [0.25, 0.3) is 0 Å². The number of benzene rings is 1. The topological polar surface area (TPSA) is 84.2 Å². The van der Waals surface area contributed by atoms with Gasteiger partial charge in [-0.3, -0.25) is 9.59 Å². The van der Waals surface area contributed by atoms with Gasteiger partial charge in [-0.05, 0) is 37.4 Å². The molecule has 21 heavy (non-hydrogen) atoms. The molecule has 1 aromatic carbocycles. The van der Waals surface area contributed by atoms with E-state index in [1.807, 2.05) is 6.07 Å². The number of amides is 2. The normalized spacial score (nSPS) is 21.6. The van der Waals surface area contributed by atoms with Crippen LogP contribution >= 0.6 is 0 Å². The summed E-state index contributed by atoms with van der Waals surface area (Å²) in [6.45, 7) is 0.600. The van der Waals surface area contributed by atoms with Gasteiger partial charge in [0.25, 0.3) is 5.91 Å². The lowest BCUT2D eigenvalue weighted by molar-refractivity contribution is -0.121. The molecule has 0 bridgehead atoms. The quantitative estimate of drug-likeness (QED) is 0.757. The van der Waals surface area contributed by atoms with Crippen molar-refractivity contribution in [3.8, 4) is 0 Å². The number of hydrogen-bond acceptors (Lipinski definition) is 3. The summed E-state index contributed by atoms with van der Waals surface area (Å²) in [5, 5.41) is 5.63. The van der Waals surface area contributed by atoms with Crippen LogP contribution in [0.15, 0.2) is 30.3 Å². The summed E-state index contributed by atoms with van der Waals surface area (Å²) < 4.78 is 0. The third-order valence-electron chi connectivity index (χ3n) is 4.00. The highest BCUT2D eigenvalue weighted by atomic mass is 16.2. The van der Waals surface area contributed by atoms with Gasteiger partial charge in [0.05, 0.1) is 6.54 Å². The number of nitrogens with one attached hydrogen (secondary N) is 2. The summed E-state index contributed by atoms with van der Waals surface area (Å²) >= 11 is 0. The third-order valence-corrected chi connectivity index (χ3v) is 4.00. The zero-order chi connectivity index (χ0) is 15.1. The molecule has 4 N–H and O–H groups in total. The zero-order valence-electron chi connectivity index (χ0n) is 12.2. The first-order chi connectivity index (χ1) is 10.2. The predicted molar refractivity (Wildman–Crippen MR) is 81.7 cm³/mol. The van der Waals surface area contributed by atoms with Crippen LogP contribution < -0.4 is 16.4 Å². The first-order valence-corrected chi connectivity index (χ1v) is 7.53. The van der Waals surface area contributed by atoms with Crippen molar-refractivity contribution >= 4 is 11.8 Å². The molecule has 2 rings (SSSR count). The van der Waals surface area contributed by atoms with E-state index >= 15 is 0 Å². The average molecular weight is 289 g/mol. The van der Waals surface area contributed by atoms with Gasteiger partial charge < -0.3 is 16.4 Å². The van der Waals surface area contributed by atoms with Crippen LogP contribution in [0.4, 0.5) is 0 Å². The second kappa shape index (κ2) is 7.78. The molecular weight excluding hydrogens is 266 g/mol. The van der Waals surface area contributed by atoms with Gasteiger partial charge in [-0.2, -0.15) is 0 Å². The highest BCUT2D eigenvalue weighted by Gasteiger charge is 2.25. The van der Waals surface area contributed by atoms with Crippen LogP contribution in [-0.2, 0) is 4.79 Å². The lowest BCUT2D eigenvalue weighted by Gasteiger charge is -2.31. The average Bonchev–Trinajstić information content (AvgIpc) is 2.54. The van der Waals surface area contributed by atoms with Gasteiger partial charge in [0.15, 0.2) is 0 Å². The molecule has 1 fully saturated rings. The third kappa shape index (κ3) is 4.56. The van der Waals surface area contributed by atoms with Gasteiger partial charge in [0, 0.05) is 11.6 Å². The maximum atomic E-state index is 11.9. The van der Waals surface area contributed by atoms with E-state index in [1.54, 1.807) is 24.3 Å². The number of carbonyl (C=O) groups excluding carboxylic acids is 2. The molecule has 0 heterocycles. The van der Waals surface area contributed by atoms with Crippen LogP contribution in [0.5, 0.6) is 0 Å². The minimum atomic E-state index is -0.232. The van der Waals surface area contributed by atoms with Crippen molar-refractivity contribution in [2.45, 2.75) is 31.7 Å². The lowest BCUT2D eigenvalue weighted by Crippen LogP contribution is -2.48. The fourth-order valence-electron chi connectivity index (χ4n) is 2.79. The van der Waals surface area contributed by atoms with Crippen molar-refractivity contribution in [2.75, 3.05) is 13.1 Å². The lowest BCUT2D eigenvalue weighted by atomic mass is 9.84. The molecule has 1 aliphatic rings. The monoisotopic (exact) mass is 289 g/mol. The van der Waals surface area contributed by atoms with E-state index in [9.17, 15) is 9.59 Å². The van der Waals surface area contributed by atoms with Crippen molar-refractivity contribution in [2.24, 2.45) is 11.7 Å². The molecule has 0 saturated heterocycles. The maximum absolute atomic E-state index is 11.9. The molecular formula is C16H23N3O2. The Labute approximate surface area is 125 Å². The van der Waals surface area contributed by atoms with E-state index in [-0.39, 0.29) is 24.4 Å². The smallest absolute Gasteiger partial charge is 0.251 e. The van der Waals surface area contributed by atoms with Crippen LogP contribution in [0.2, 0.25) is 0 Å². The Hall–Kier alpha value is -1.88. The van der Waals surface area contributed by atoms with Crippen LogP contribution in [-0.4, -0.2) is 30.9 Å². The van der Waals surface area contributed by atoms with Gasteiger partial charge in [-0.25, -0.2) is 0 Å². The van der Waals surface area contributed by atoms with Crippen molar-refractivity contribution in [3.05, 3.63) is 35.9 Å². The van der Waals surface area contributed by atoms with E-state index in [1.165, 1.54) is 6.42 Å². The Bertz CT molecular complexity index is 476. The summed E-state index contributed by atoms with van der Waals surface area (Å²) in [4.78, 5) is 23.8. The molecule has 0 radical (unpaired) electrons. The molecule has 5 nitrogen and oxygen atoms in total. The number of rotatable bonds is 5. The summed E-state index contributed by atoms with van der Waals surface area (Å²) in [5.74, 6) is -0.0260. The van der Waals surface area contributed by atoms with Crippen molar-refractivity contribution in [1.29, 1.82) is 0 Å². The van der Waals surface area contributed by atoms with Gasteiger partial charge in [-0.1, -0.05) is 31.0 Å². The minimum absolute atomic E-state index is 0.00151. The Morgan fingerprint density at radius 1 is 1.14 bits per heavy atom. The summed E-state index contributed by atoms with van der Waals surface area (Å²) in [6.07, 6.45) is 4.34. The second-order valence-corrected chi connectivity index (χ2v) is 5.50. The van der Waals surface area contributed by atoms with Crippen molar-refractivity contribution < 1.29 is 9.59 Å². The Morgan fingerprint density at radius 3 is 2.57 bits per heavy atom. The first kappa shape index (κ1) is 15.5. The van der Waals surface area contributed by atoms with Gasteiger partial charge in [0.2, 0.25) is 5.91 Å². The van der Waals surface area contributed by atoms with Crippen molar-refractivity contribution in [1.82, 2.24) is 10.6 Å². The molecule has 1 aromatic rings.